The number of anilines is 1. The molecule has 22 heavy (non-hydrogen) atoms. The van der Waals surface area contributed by atoms with Crippen molar-refractivity contribution in [3.8, 4) is 0 Å². The minimum atomic E-state index is -0.356. The van der Waals surface area contributed by atoms with Crippen LogP contribution in [0.1, 0.15) is 11.5 Å². The Bertz CT molecular complexity index is 705. The van der Waals surface area contributed by atoms with E-state index >= 15 is 0 Å². The Balaban J connectivity index is 1.85. The molecule has 0 saturated heterocycles. The molecule has 0 fully saturated rings. The number of carbonyl (C=O) groups excluding carboxylic acids is 2. The summed E-state index contributed by atoms with van der Waals surface area (Å²) in [6, 6.07) is 5.14. The van der Waals surface area contributed by atoms with Crippen molar-refractivity contribution in [3.05, 3.63) is 39.6 Å². The smallest absolute Gasteiger partial charge is 0.246 e. The second-order valence-electron chi connectivity index (χ2n) is 4.54. The molecule has 0 saturated carbocycles. The van der Waals surface area contributed by atoms with Crippen LogP contribution in [0, 0.1) is 10.7 Å². The van der Waals surface area contributed by atoms with Gasteiger partial charge in [0.25, 0.3) is 0 Å². The molecule has 2 rings (SSSR count). The van der Waals surface area contributed by atoms with E-state index < -0.39 is 0 Å². The molecule has 2 aromatic heterocycles. The van der Waals surface area contributed by atoms with E-state index in [9.17, 15) is 9.59 Å². The zero-order valence-corrected chi connectivity index (χ0v) is 14.2. The third-order valence-electron chi connectivity index (χ3n) is 2.64. The summed E-state index contributed by atoms with van der Waals surface area (Å²) in [5.41, 5.74) is 0. The summed E-state index contributed by atoms with van der Waals surface area (Å²) < 4.78 is 10.9. The lowest BCUT2D eigenvalue weighted by atomic mass is 10.3. The molecular weight excluding hydrogens is 401 g/mol. The Hall–Kier alpha value is -2.10. The van der Waals surface area contributed by atoms with Crippen molar-refractivity contribution >= 4 is 46.3 Å². The highest BCUT2D eigenvalue weighted by atomic mass is 127. The van der Waals surface area contributed by atoms with Crippen LogP contribution in [-0.4, -0.2) is 35.5 Å². The highest BCUT2D eigenvalue weighted by Crippen LogP contribution is 2.11. The predicted octanol–water partition coefficient (Wildman–Crippen LogP) is 2.29. The van der Waals surface area contributed by atoms with E-state index in [1.165, 1.54) is 18.0 Å². The highest BCUT2D eigenvalue weighted by Gasteiger charge is 2.12. The van der Waals surface area contributed by atoms with Crippen LogP contribution in [-0.2, 0) is 9.59 Å². The van der Waals surface area contributed by atoms with Crippen LogP contribution in [0.15, 0.2) is 33.2 Å². The van der Waals surface area contributed by atoms with Gasteiger partial charge in [0.1, 0.15) is 11.5 Å². The van der Waals surface area contributed by atoms with E-state index in [0.29, 0.717) is 17.3 Å². The van der Waals surface area contributed by atoms with Crippen LogP contribution >= 0.6 is 22.6 Å². The molecule has 1 N–H and O–H groups in total. The first-order valence-corrected chi connectivity index (χ1v) is 7.43. The number of halogens is 1. The molecule has 0 atom stereocenters. The van der Waals surface area contributed by atoms with Crippen LogP contribution < -0.4 is 5.32 Å². The molecule has 8 heteroatoms. The number of amides is 2. The van der Waals surface area contributed by atoms with Gasteiger partial charge in [-0.25, -0.2) is 0 Å². The molecule has 2 amide bonds. The Kier molecular flexibility index (Phi) is 5.36. The quantitative estimate of drug-likeness (QED) is 0.598. The number of nitrogens with one attached hydrogen (secondary N) is 1. The zero-order valence-electron chi connectivity index (χ0n) is 12.0. The number of hydrogen-bond donors (Lipinski definition) is 1. The van der Waals surface area contributed by atoms with Crippen LogP contribution in [0.5, 0.6) is 0 Å². The molecule has 0 radical (unpaired) electrons. The minimum Gasteiger partial charge on any atom is -0.451 e. The number of likely N-dealkylation sites (N-methyl/N-ethyl adjacent to an activating group) is 1. The van der Waals surface area contributed by atoms with Crippen LogP contribution in [0.2, 0.25) is 0 Å². The van der Waals surface area contributed by atoms with Crippen molar-refractivity contribution in [1.82, 2.24) is 10.1 Å². The molecule has 0 unspecified atom stereocenters. The third-order valence-corrected chi connectivity index (χ3v) is 3.22. The average Bonchev–Trinajstić information content (AvgIpc) is 3.04. The number of carbonyl (C=O) groups is 2. The fourth-order valence-electron chi connectivity index (χ4n) is 1.60. The van der Waals surface area contributed by atoms with Gasteiger partial charge in [0.2, 0.25) is 11.8 Å². The topological polar surface area (TPSA) is 88.6 Å². The molecule has 0 aliphatic heterocycles. The van der Waals surface area contributed by atoms with Crippen molar-refractivity contribution in [2.24, 2.45) is 0 Å². The lowest BCUT2D eigenvalue weighted by Gasteiger charge is -2.13. The maximum absolute atomic E-state index is 11.9. The van der Waals surface area contributed by atoms with Gasteiger partial charge in [0, 0.05) is 19.2 Å². The summed E-state index contributed by atoms with van der Waals surface area (Å²) in [5, 5.41) is 6.19. The maximum Gasteiger partial charge on any atom is 0.246 e. The largest absolute Gasteiger partial charge is 0.451 e. The average molecular weight is 415 g/mol. The van der Waals surface area contributed by atoms with Gasteiger partial charge < -0.3 is 19.2 Å². The summed E-state index contributed by atoms with van der Waals surface area (Å²) >= 11 is 2.04. The molecule has 116 valence electrons. The summed E-state index contributed by atoms with van der Waals surface area (Å²) in [4.78, 5) is 25.0. The van der Waals surface area contributed by atoms with Gasteiger partial charge in [-0.15, -0.1) is 0 Å². The van der Waals surface area contributed by atoms with E-state index in [4.69, 9.17) is 8.94 Å². The second kappa shape index (κ2) is 7.25. The first kappa shape index (κ1) is 16.3. The number of aromatic nitrogens is 1. The number of rotatable bonds is 5. The molecule has 2 aromatic rings. The van der Waals surface area contributed by atoms with Gasteiger partial charge in [-0.2, -0.15) is 0 Å². The third kappa shape index (κ3) is 4.72. The SMILES string of the molecule is Cc1cc(NC(=O)CN(C)C(=O)/C=C/c2ccc(I)o2)no1. The Morgan fingerprint density at radius 1 is 1.45 bits per heavy atom. The standard InChI is InChI=1S/C14H14IN3O4/c1-9-7-12(17-22-9)16-13(19)8-18(2)14(20)6-4-10-3-5-11(15)21-10/h3-7H,8H2,1-2H3,(H,16,17,19)/b6-4+. The minimum absolute atomic E-state index is 0.0925. The van der Waals surface area contributed by atoms with Crippen molar-refractivity contribution in [1.29, 1.82) is 0 Å². The van der Waals surface area contributed by atoms with E-state index in [2.05, 4.69) is 10.5 Å². The summed E-state index contributed by atoms with van der Waals surface area (Å²) in [5.74, 6) is 0.830. The van der Waals surface area contributed by atoms with Gasteiger partial charge in [-0.1, -0.05) is 5.16 Å². The lowest BCUT2D eigenvalue weighted by Crippen LogP contribution is -2.33. The molecule has 0 spiro atoms. The first-order valence-electron chi connectivity index (χ1n) is 6.36. The monoisotopic (exact) mass is 415 g/mol. The van der Waals surface area contributed by atoms with Crippen molar-refractivity contribution in [3.63, 3.8) is 0 Å². The van der Waals surface area contributed by atoms with E-state index in [1.807, 2.05) is 22.6 Å². The fourth-order valence-corrected chi connectivity index (χ4v) is 2.03. The molecule has 0 aliphatic carbocycles. The fraction of sp³-hybridized carbons (Fsp3) is 0.214. The van der Waals surface area contributed by atoms with Crippen molar-refractivity contribution in [2.75, 3.05) is 18.9 Å². The van der Waals surface area contributed by atoms with E-state index in [0.717, 1.165) is 3.77 Å². The van der Waals surface area contributed by atoms with Gasteiger partial charge in [-0.3, -0.25) is 9.59 Å². The number of hydrogen-bond acceptors (Lipinski definition) is 5. The Labute approximate surface area is 140 Å². The summed E-state index contributed by atoms with van der Waals surface area (Å²) in [6.45, 7) is 1.63. The van der Waals surface area contributed by atoms with Crippen LogP contribution in [0.3, 0.4) is 0 Å². The van der Waals surface area contributed by atoms with Gasteiger partial charge in [0.05, 0.1) is 6.54 Å². The normalized spacial score (nSPS) is 10.9. The first-order chi connectivity index (χ1) is 10.4. The Morgan fingerprint density at radius 2 is 2.23 bits per heavy atom. The maximum atomic E-state index is 11.9. The number of furan rings is 1. The molecule has 7 nitrogen and oxygen atoms in total. The summed E-state index contributed by atoms with van der Waals surface area (Å²) in [6.07, 6.45) is 2.91. The van der Waals surface area contributed by atoms with Crippen molar-refractivity contribution < 1.29 is 18.5 Å². The molecular formula is C14H14IN3O4. The summed E-state index contributed by atoms with van der Waals surface area (Å²) in [7, 11) is 1.53. The number of nitrogens with zero attached hydrogens (tertiary/aromatic N) is 2. The predicted molar refractivity (Wildman–Crippen MR) is 88.0 cm³/mol. The zero-order chi connectivity index (χ0) is 16.1. The molecule has 0 aliphatic rings. The number of aryl methyl sites for hydroxylation is 1. The van der Waals surface area contributed by atoms with Gasteiger partial charge >= 0.3 is 0 Å². The molecule has 0 bridgehead atoms. The lowest BCUT2D eigenvalue weighted by molar-refractivity contribution is -0.129. The van der Waals surface area contributed by atoms with E-state index in [1.54, 1.807) is 31.2 Å². The van der Waals surface area contributed by atoms with Gasteiger partial charge in [-0.05, 0) is 47.7 Å². The Morgan fingerprint density at radius 3 is 2.82 bits per heavy atom. The van der Waals surface area contributed by atoms with Crippen LogP contribution in [0.25, 0.3) is 6.08 Å². The van der Waals surface area contributed by atoms with Gasteiger partial charge in [0.15, 0.2) is 9.58 Å². The highest BCUT2D eigenvalue weighted by molar-refractivity contribution is 14.1. The molecule has 0 aromatic carbocycles. The van der Waals surface area contributed by atoms with Crippen molar-refractivity contribution in [2.45, 2.75) is 6.92 Å². The van der Waals surface area contributed by atoms with E-state index in [-0.39, 0.29) is 18.4 Å². The molecule has 2 heterocycles. The second-order valence-corrected chi connectivity index (χ2v) is 5.60. The van der Waals surface area contributed by atoms with Crippen LogP contribution in [0.4, 0.5) is 5.82 Å².